The molecule has 0 spiro atoms. The van der Waals surface area contributed by atoms with Crippen LogP contribution in [0.5, 0.6) is 0 Å². The molecule has 1 amide bonds. The first-order valence-corrected chi connectivity index (χ1v) is 10.6. The van der Waals surface area contributed by atoms with Crippen LogP contribution in [0.25, 0.3) is 0 Å². The summed E-state index contributed by atoms with van der Waals surface area (Å²) in [5.74, 6) is 0.105. The zero-order valence-corrected chi connectivity index (χ0v) is 16.0. The Morgan fingerprint density at radius 1 is 1.23 bits per heavy atom. The van der Waals surface area contributed by atoms with Gasteiger partial charge in [-0.05, 0) is 44.0 Å². The number of hydrogen-bond donors (Lipinski definition) is 2. The molecule has 0 bridgehead atoms. The summed E-state index contributed by atoms with van der Waals surface area (Å²) in [6, 6.07) is 6.59. The Hall–Kier alpha value is -1.48. The van der Waals surface area contributed by atoms with Crippen molar-refractivity contribution in [3.63, 3.8) is 0 Å². The number of nitrogens with one attached hydrogen (secondary N) is 1. The maximum absolute atomic E-state index is 12.8. The lowest BCUT2D eigenvalue weighted by Crippen LogP contribution is -2.47. The Morgan fingerprint density at radius 2 is 1.96 bits per heavy atom. The molecule has 1 aromatic carbocycles. The standard InChI is InChI=1S/C18H28N4O3S/c1-21-8-10-22(11-9-21)26(24,25)16-6-3-5-15(13-16)20-18(23)12-14-4-2-7-17(14)19/h3,5-6,13-14,17H,2,4,7-12,19H2,1H3,(H,20,23)/t14-,17+/m0/s1. The Morgan fingerprint density at radius 3 is 2.62 bits per heavy atom. The first-order valence-electron chi connectivity index (χ1n) is 9.20. The average Bonchev–Trinajstić information content (AvgIpc) is 3.00. The molecule has 1 aliphatic carbocycles. The van der Waals surface area contributed by atoms with Gasteiger partial charge in [-0.3, -0.25) is 4.79 Å². The van der Waals surface area contributed by atoms with Gasteiger partial charge >= 0.3 is 0 Å². The highest BCUT2D eigenvalue weighted by atomic mass is 32.2. The summed E-state index contributed by atoms with van der Waals surface area (Å²) >= 11 is 0. The first-order chi connectivity index (χ1) is 12.4. The van der Waals surface area contributed by atoms with E-state index in [0.717, 1.165) is 32.4 Å². The van der Waals surface area contributed by atoms with Gasteiger partial charge in [-0.25, -0.2) is 8.42 Å². The van der Waals surface area contributed by atoms with Crippen molar-refractivity contribution in [2.75, 3.05) is 38.5 Å². The highest BCUT2D eigenvalue weighted by molar-refractivity contribution is 7.89. The molecule has 1 saturated carbocycles. The van der Waals surface area contributed by atoms with Crippen molar-refractivity contribution in [1.29, 1.82) is 0 Å². The van der Waals surface area contributed by atoms with Gasteiger partial charge in [0.15, 0.2) is 0 Å². The molecule has 144 valence electrons. The lowest BCUT2D eigenvalue weighted by Gasteiger charge is -2.31. The van der Waals surface area contributed by atoms with E-state index >= 15 is 0 Å². The molecule has 1 saturated heterocycles. The van der Waals surface area contributed by atoms with E-state index in [2.05, 4.69) is 10.2 Å². The summed E-state index contributed by atoms with van der Waals surface area (Å²) in [7, 11) is -1.56. The molecule has 2 aliphatic rings. The van der Waals surface area contributed by atoms with E-state index in [0.29, 0.717) is 25.2 Å². The van der Waals surface area contributed by atoms with Crippen LogP contribution in [0.4, 0.5) is 5.69 Å². The molecule has 1 heterocycles. The molecular formula is C18H28N4O3S. The van der Waals surface area contributed by atoms with Gasteiger partial charge in [0.1, 0.15) is 0 Å². The lowest BCUT2D eigenvalue weighted by atomic mass is 10.00. The predicted molar refractivity (Wildman–Crippen MR) is 101 cm³/mol. The molecule has 3 rings (SSSR count). The summed E-state index contributed by atoms with van der Waals surface area (Å²) in [6.45, 7) is 2.40. The zero-order chi connectivity index (χ0) is 18.7. The normalized spacial score (nSPS) is 25.3. The summed E-state index contributed by atoms with van der Waals surface area (Å²) in [5.41, 5.74) is 6.54. The number of rotatable bonds is 5. The van der Waals surface area contributed by atoms with Crippen molar-refractivity contribution in [3.05, 3.63) is 24.3 Å². The molecule has 7 nitrogen and oxygen atoms in total. The van der Waals surface area contributed by atoms with Crippen LogP contribution in [-0.2, 0) is 14.8 Å². The number of amides is 1. The molecule has 8 heteroatoms. The number of hydrogen-bond acceptors (Lipinski definition) is 5. The van der Waals surface area contributed by atoms with Crippen LogP contribution in [0.1, 0.15) is 25.7 Å². The number of likely N-dealkylation sites (N-methyl/N-ethyl adjacent to an activating group) is 1. The minimum atomic E-state index is -3.54. The third-order valence-electron chi connectivity index (χ3n) is 5.38. The smallest absolute Gasteiger partial charge is 0.243 e. The molecule has 2 fully saturated rings. The fourth-order valence-corrected chi connectivity index (χ4v) is 5.15. The van der Waals surface area contributed by atoms with Gasteiger partial charge in [0.25, 0.3) is 0 Å². The maximum atomic E-state index is 12.8. The quantitative estimate of drug-likeness (QED) is 0.797. The van der Waals surface area contributed by atoms with Gasteiger partial charge in [0.2, 0.25) is 15.9 Å². The van der Waals surface area contributed by atoms with E-state index < -0.39 is 10.0 Å². The van der Waals surface area contributed by atoms with Crippen molar-refractivity contribution in [1.82, 2.24) is 9.21 Å². The number of anilines is 1. The number of nitrogens with zero attached hydrogens (tertiary/aromatic N) is 2. The van der Waals surface area contributed by atoms with E-state index in [1.54, 1.807) is 24.3 Å². The van der Waals surface area contributed by atoms with Crippen molar-refractivity contribution in [2.45, 2.75) is 36.6 Å². The van der Waals surface area contributed by atoms with Gasteiger partial charge in [-0.2, -0.15) is 4.31 Å². The van der Waals surface area contributed by atoms with Gasteiger partial charge in [-0.1, -0.05) is 12.5 Å². The highest BCUT2D eigenvalue weighted by Gasteiger charge is 2.28. The highest BCUT2D eigenvalue weighted by Crippen LogP contribution is 2.27. The lowest BCUT2D eigenvalue weighted by molar-refractivity contribution is -0.117. The second-order valence-electron chi connectivity index (χ2n) is 7.34. The van der Waals surface area contributed by atoms with Gasteiger partial charge < -0.3 is 16.0 Å². The van der Waals surface area contributed by atoms with Gasteiger partial charge in [-0.15, -0.1) is 0 Å². The van der Waals surface area contributed by atoms with Gasteiger partial charge in [0, 0.05) is 44.3 Å². The molecule has 1 aliphatic heterocycles. The topological polar surface area (TPSA) is 95.7 Å². The van der Waals surface area contributed by atoms with E-state index in [9.17, 15) is 13.2 Å². The molecule has 26 heavy (non-hydrogen) atoms. The summed E-state index contributed by atoms with van der Waals surface area (Å²) in [4.78, 5) is 14.6. The Balaban J connectivity index is 1.66. The zero-order valence-electron chi connectivity index (χ0n) is 15.2. The minimum Gasteiger partial charge on any atom is -0.327 e. The fourth-order valence-electron chi connectivity index (χ4n) is 3.68. The molecule has 2 atom stereocenters. The largest absolute Gasteiger partial charge is 0.327 e. The molecular weight excluding hydrogens is 352 g/mol. The second kappa shape index (κ2) is 8.04. The van der Waals surface area contributed by atoms with Crippen molar-refractivity contribution >= 4 is 21.6 Å². The SMILES string of the molecule is CN1CCN(S(=O)(=O)c2cccc(NC(=O)C[C@@H]3CCC[C@H]3N)c2)CC1. The van der Waals surface area contributed by atoms with Crippen molar-refractivity contribution in [3.8, 4) is 0 Å². The monoisotopic (exact) mass is 380 g/mol. The van der Waals surface area contributed by atoms with E-state index in [-0.39, 0.29) is 22.8 Å². The van der Waals surface area contributed by atoms with Crippen LogP contribution in [0, 0.1) is 5.92 Å². The van der Waals surface area contributed by atoms with Crippen LogP contribution >= 0.6 is 0 Å². The fraction of sp³-hybridized carbons (Fsp3) is 0.611. The Kier molecular flexibility index (Phi) is 5.96. The molecule has 3 N–H and O–H groups in total. The number of nitrogens with two attached hydrogens (primary N) is 1. The summed E-state index contributed by atoms with van der Waals surface area (Å²) < 4.78 is 27.2. The molecule has 0 aromatic heterocycles. The van der Waals surface area contributed by atoms with Gasteiger partial charge in [0.05, 0.1) is 4.90 Å². The first kappa shape index (κ1) is 19.3. The van der Waals surface area contributed by atoms with E-state index in [1.807, 2.05) is 7.05 Å². The number of carbonyl (C=O) groups excluding carboxylic acids is 1. The summed E-state index contributed by atoms with van der Waals surface area (Å²) in [6.07, 6.45) is 3.40. The van der Waals surface area contributed by atoms with Crippen molar-refractivity contribution in [2.24, 2.45) is 11.7 Å². The number of sulfonamides is 1. The number of benzene rings is 1. The van der Waals surface area contributed by atoms with Crippen LogP contribution in [0.2, 0.25) is 0 Å². The Bertz CT molecular complexity index is 745. The molecule has 0 unspecified atom stereocenters. The van der Waals surface area contributed by atoms with E-state index in [4.69, 9.17) is 5.73 Å². The number of carbonyl (C=O) groups is 1. The van der Waals surface area contributed by atoms with Crippen LogP contribution in [0.3, 0.4) is 0 Å². The van der Waals surface area contributed by atoms with Crippen LogP contribution in [0.15, 0.2) is 29.2 Å². The number of piperazine rings is 1. The van der Waals surface area contributed by atoms with Crippen molar-refractivity contribution < 1.29 is 13.2 Å². The maximum Gasteiger partial charge on any atom is 0.243 e. The minimum absolute atomic E-state index is 0.0877. The Labute approximate surface area is 155 Å². The van der Waals surface area contributed by atoms with Crippen LogP contribution in [-0.4, -0.2) is 62.8 Å². The predicted octanol–water partition coefficient (Wildman–Crippen LogP) is 1.08. The third kappa shape index (κ3) is 4.43. The van der Waals surface area contributed by atoms with Crippen LogP contribution < -0.4 is 11.1 Å². The molecule has 1 aromatic rings. The third-order valence-corrected chi connectivity index (χ3v) is 7.28. The summed E-state index contributed by atoms with van der Waals surface area (Å²) in [5, 5.41) is 2.83. The van der Waals surface area contributed by atoms with E-state index in [1.165, 1.54) is 4.31 Å². The molecule has 0 radical (unpaired) electrons. The second-order valence-corrected chi connectivity index (χ2v) is 9.28. The average molecular weight is 381 g/mol.